The molecule has 1 aliphatic rings. The van der Waals surface area contributed by atoms with Gasteiger partial charge in [-0.1, -0.05) is 6.08 Å². The first-order valence-electron chi connectivity index (χ1n) is 9.56. The number of aliphatic imine (C=N–C) groups is 1. The average Bonchev–Trinajstić information content (AvgIpc) is 3.05. The van der Waals surface area contributed by atoms with E-state index in [0.29, 0.717) is 0 Å². The minimum atomic E-state index is 0.0637. The van der Waals surface area contributed by atoms with Crippen LogP contribution in [0.2, 0.25) is 0 Å². The SMILES string of the molecule is C=CCCCN(C)C(=NCCCN1CCCC1C(=O)N(C)C)NCC. The van der Waals surface area contributed by atoms with Crippen molar-refractivity contribution in [1.82, 2.24) is 20.0 Å². The fraction of sp³-hybridized carbons (Fsp3) is 0.789. The lowest BCUT2D eigenvalue weighted by Gasteiger charge is -2.26. The summed E-state index contributed by atoms with van der Waals surface area (Å²) in [4.78, 5) is 23.2. The Bertz CT molecular complexity index is 436. The molecule has 1 heterocycles. The fourth-order valence-electron chi connectivity index (χ4n) is 3.18. The van der Waals surface area contributed by atoms with Crippen molar-refractivity contribution in [3.8, 4) is 0 Å². The van der Waals surface area contributed by atoms with Gasteiger partial charge >= 0.3 is 0 Å². The first kappa shape index (κ1) is 21.5. The van der Waals surface area contributed by atoms with E-state index in [1.165, 1.54) is 0 Å². The Hall–Kier alpha value is -1.56. The van der Waals surface area contributed by atoms with Crippen molar-refractivity contribution in [3.63, 3.8) is 0 Å². The third-order valence-corrected chi connectivity index (χ3v) is 4.55. The molecule has 0 aromatic rings. The van der Waals surface area contributed by atoms with Gasteiger partial charge in [0.25, 0.3) is 0 Å². The average molecular weight is 352 g/mol. The van der Waals surface area contributed by atoms with Crippen LogP contribution in [-0.2, 0) is 4.79 Å². The Labute approximate surface area is 153 Å². The molecule has 1 saturated heterocycles. The molecule has 25 heavy (non-hydrogen) atoms. The number of amides is 1. The maximum absolute atomic E-state index is 12.2. The number of unbranched alkanes of at least 4 members (excludes halogenated alkanes) is 1. The number of nitrogens with one attached hydrogen (secondary N) is 1. The number of allylic oxidation sites excluding steroid dienone is 1. The fourth-order valence-corrected chi connectivity index (χ4v) is 3.18. The second-order valence-corrected chi connectivity index (χ2v) is 6.87. The van der Waals surface area contributed by atoms with Crippen molar-refractivity contribution < 1.29 is 4.79 Å². The summed E-state index contributed by atoms with van der Waals surface area (Å²) in [5.74, 6) is 1.20. The van der Waals surface area contributed by atoms with Crippen LogP contribution < -0.4 is 5.32 Å². The van der Waals surface area contributed by atoms with Gasteiger partial charge in [-0.25, -0.2) is 0 Å². The van der Waals surface area contributed by atoms with Gasteiger partial charge in [-0.15, -0.1) is 6.58 Å². The molecule has 1 rings (SSSR count). The number of likely N-dealkylation sites (tertiary alicyclic amines) is 1. The van der Waals surface area contributed by atoms with Gasteiger partial charge in [-0.2, -0.15) is 0 Å². The first-order valence-corrected chi connectivity index (χ1v) is 9.56. The molecule has 1 aliphatic heterocycles. The summed E-state index contributed by atoms with van der Waals surface area (Å²) in [7, 11) is 5.76. The van der Waals surface area contributed by atoms with Crippen LogP contribution in [0.25, 0.3) is 0 Å². The normalized spacial score (nSPS) is 18.2. The Morgan fingerprint density at radius 3 is 2.76 bits per heavy atom. The molecule has 0 bridgehead atoms. The zero-order chi connectivity index (χ0) is 18.7. The number of hydrogen-bond acceptors (Lipinski definition) is 3. The summed E-state index contributed by atoms with van der Waals surface area (Å²) < 4.78 is 0. The second-order valence-electron chi connectivity index (χ2n) is 6.87. The molecule has 0 aromatic carbocycles. The lowest BCUT2D eigenvalue weighted by Crippen LogP contribution is -2.43. The summed E-state index contributed by atoms with van der Waals surface area (Å²) in [6, 6.07) is 0.0637. The molecule has 0 saturated carbocycles. The molecular formula is C19H37N5O. The Morgan fingerprint density at radius 2 is 2.12 bits per heavy atom. The molecule has 1 N–H and O–H groups in total. The van der Waals surface area contributed by atoms with Gasteiger partial charge < -0.3 is 15.1 Å². The van der Waals surface area contributed by atoms with Crippen LogP contribution >= 0.6 is 0 Å². The lowest BCUT2D eigenvalue weighted by atomic mass is 10.2. The summed E-state index contributed by atoms with van der Waals surface area (Å²) in [6.07, 6.45) is 7.15. The van der Waals surface area contributed by atoms with E-state index in [9.17, 15) is 4.79 Å². The van der Waals surface area contributed by atoms with E-state index in [1.54, 1.807) is 4.90 Å². The zero-order valence-electron chi connectivity index (χ0n) is 16.6. The van der Waals surface area contributed by atoms with Crippen LogP contribution in [0.1, 0.15) is 39.0 Å². The molecule has 1 unspecified atom stereocenters. The number of nitrogens with zero attached hydrogens (tertiary/aromatic N) is 4. The van der Waals surface area contributed by atoms with Crippen molar-refractivity contribution in [2.75, 3.05) is 53.9 Å². The summed E-state index contributed by atoms with van der Waals surface area (Å²) in [5.41, 5.74) is 0. The second kappa shape index (κ2) is 11.9. The van der Waals surface area contributed by atoms with Crippen molar-refractivity contribution in [2.45, 2.75) is 45.1 Å². The number of carbonyl (C=O) groups is 1. The number of rotatable bonds is 10. The molecule has 1 atom stereocenters. The van der Waals surface area contributed by atoms with Crippen molar-refractivity contribution in [3.05, 3.63) is 12.7 Å². The van der Waals surface area contributed by atoms with E-state index < -0.39 is 0 Å². The van der Waals surface area contributed by atoms with Gasteiger partial charge in [-0.05, 0) is 45.6 Å². The molecule has 144 valence electrons. The predicted molar refractivity (Wildman–Crippen MR) is 106 cm³/mol. The molecule has 0 spiro atoms. The van der Waals surface area contributed by atoms with Gasteiger partial charge in [-0.3, -0.25) is 14.7 Å². The smallest absolute Gasteiger partial charge is 0.239 e. The summed E-state index contributed by atoms with van der Waals surface area (Å²) in [6.45, 7) is 10.5. The van der Waals surface area contributed by atoms with E-state index >= 15 is 0 Å². The minimum absolute atomic E-state index is 0.0637. The highest BCUT2D eigenvalue weighted by molar-refractivity contribution is 5.81. The topological polar surface area (TPSA) is 51.2 Å². The molecule has 1 fully saturated rings. The maximum atomic E-state index is 12.2. The monoisotopic (exact) mass is 351 g/mol. The summed E-state index contributed by atoms with van der Waals surface area (Å²) >= 11 is 0. The number of carbonyl (C=O) groups excluding carboxylic acids is 1. The van der Waals surface area contributed by atoms with Crippen LogP contribution in [0.3, 0.4) is 0 Å². The largest absolute Gasteiger partial charge is 0.357 e. The van der Waals surface area contributed by atoms with Gasteiger partial charge in [0.15, 0.2) is 5.96 Å². The highest BCUT2D eigenvalue weighted by Crippen LogP contribution is 2.18. The van der Waals surface area contributed by atoms with Gasteiger partial charge in [0.1, 0.15) is 0 Å². The third kappa shape index (κ3) is 7.46. The molecule has 1 amide bonds. The Kier molecular flexibility index (Phi) is 10.2. The van der Waals surface area contributed by atoms with E-state index in [0.717, 1.165) is 70.8 Å². The van der Waals surface area contributed by atoms with Crippen LogP contribution in [0.5, 0.6) is 0 Å². The first-order chi connectivity index (χ1) is 12.0. The zero-order valence-corrected chi connectivity index (χ0v) is 16.6. The van der Waals surface area contributed by atoms with Crippen LogP contribution in [0.15, 0.2) is 17.6 Å². The lowest BCUT2D eigenvalue weighted by molar-refractivity contribution is -0.133. The molecule has 0 radical (unpaired) electrons. The number of hydrogen-bond donors (Lipinski definition) is 1. The van der Waals surface area contributed by atoms with Crippen molar-refractivity contribution in [2.24, 2.45) is 4.99 Å². The van der Waals surface area contributed by atoms with E-state index in [2.05, 4.69) is 35.7 Å². The quantitative estimate of drug-likeness (QED) is 0.282. The summed E-state index contributed by atoms with van der Waals surface area (Å²) in [5, 5.41) is 3.36. The van der Waals surface area contributed by atoms with Crippen LogP contribution in [-0.4, -0.2) is 86.5 Å². The molecule has 0 aliphatic carbocycles. The van der Waals surface area contributed by atoms with Crippen molar-refractivity contribution >= 4 is 11.9 Å². The van der Waals surface area contributed by atoms with Crippen LogP contribution in [0, 0.1) is 0 Å². The van der Waals surface area contributed by atoms with E-state index in [1.807, 2.05) is 20.2 Å². The van der Waals surface area contributed by atoms with Crippen LogP contribution in [0.4, 0.5) is 0 Å². The van der Waals surface area contributed by atoms with Gasteiger partial charge in [0, 0.05) is 47.3 Å². The number of guanidine groups is 1. The molecular weight excluding hydrogens is 314 g/mol. The standard InChI is InChI=1S/C19H37N5O/c1-6-8-9-14-23(5)19(20-7-2)21-13-11-16-24-15-10-12-17(24)18(25)22(3)4/h6,17H,1,7-16H2,2-5H3,(H,20,21). The highest BCUT2D eigenvalue weighted by atomic mass is 16.2. The minimum Gasteiger partial charge on any atom is -0.357 e. The van der Waals surface area contributed by atoms with Gasteiger partial charge in [0.2, 0.25) is 5.91 Å². The Balaban J connectivity index is 2.44. The Morgan fingerprint density at radius 1 is 1.36 bits per heavy atom. The molecule has 0 aromatic heterocycles. The predicted octanol–water partition coefficient (Wildman–Crippen LogP) is 1.79. The maximum Gasteiger partial charge on any atom is 0.239 e. The van der Waals surface area contributed by atoms with Crippen molar-refractivity contribution in [1.29, 1.82) is 0 Å². The molecule has 6 heteroatoms. The number of likely N-dealkylation sites (N-methyl/N-ethyl adjacent to an activating group) is 1. The molecule has 6 nitrogen and oxygen atoms in total. The van der Waals surface area contributed by atoms with Gasteiger partial charge in [0.05, 0.1) is 6.04 Å². The highest BCUT2D eigenvalue weighted by Gasteiger charge is 2.30. The third-order valence-electron chi connectivity index (χ3n) is 4.55. The van der Waals surface area contributed by atoms with E-state index in [-0.39, 0.29) is 11.9 Å². The van der Waals surface area contributed by atoms with E-state index in [4.69, 9.17) is 4.99 Å².